The summed E-state index contributed by atoms with van der Waals surface area (Å²) in [7, 11) is 1.73. The second-order valence-corrected chi connectivity index (χ2v) is 6.40. The van der Waals surface area contributed by atoms with Crippen molar-refractivity contribution in [2.24, 2.45) is 5.92 Å². The van der Waals surface area contributed by atoms with Crippen LogP contribution in [0.25, 0.3) is 0 Å². The summed E-state index contributed by atoms with van der Waals surface area (Å²) in [4.78, 5) is 2.53. The lowest BCUT2D eigenvalue weighted by molar-refractivity contribution is 0.183. The fourth-order valence-corrected chi connectivity index (χ4v) is 3.08. The maximum atomic E-state index is 5.12. The lowest BCUT2D eigenvalue weighted by atomic mass is 9.99. The molecule has 21 heavy (non-hydrogen) atoms. The Morgan fingerprint density at radius 1 is 1.48 bits per heavy atom. The van der Waals surface area contributed by atoms with E-state index in [0.717, 1.165) is 32.0 Å². The maximum absolute atomic E-state index is 5.12. The molecule has 2 atom stereocenters. The molecule has 0 bridgehead atoms. The van der Waals surface area contributed by atoms with Crippen LogP contribution in [-0.4, -0.2) is 48.7 Å². The Hall–Kier alpha value is -1.07. The number of nitrogens with one attached hydrogen (secondary N) is 1. The lowest BCUT2D eigenvalue weighted by Gasteiger charge is -2.41. The molecule has 1 fully saturated rings. The van der Waals surface area contributed by atoms with Crippen molar-refractivity contribution in [1.29, 1.82) is 0 Å². The molecule has 1 N–H and O–H groups in total. The van der Waals surface area contributed by atoms with Crippen molar-refractivity contribution < 1.29 is 4.74 Å². The van der Waals surface area contributed by atoms with E-state index in [1.807, 2.05) is 10.9 Å². The van der Waals surface area contributed by atoms with Gasteiger partial charge < -0.3 is 15.0 Å². The van der Waals surface area contributed by atoms with Crippen molar-refractivity contribution in [1.82, 2.24) is 15.1 Å². The van der Waals surface area contributed by atoms with Crippen LogP contribution in [0.4, 0.5) is 5.69 Å². The zero-order valence-corrected chi connectivity index (χ0v) is 13.9. The first-order valence-corrected chi connectivity index (χ1v) is 8.15. The summed E-state index contributed by atoms with van der Waals surface area (Å²) in [5.74, 6) is 0.729. The molecule has 5 heteroatoms. The second kappa shape index (κ2) is 7.80. The highest BCUT2D eigenvalue weighted by molar-refractivity contribution is 5.44. The van der Waals surface area contributed by atoms with E-state index in [4.69, 9.17) is 4.74 Å². The third-order valence-electron chi connectivity index (χ3n) is 4.20. The van der Waals surface area contributed by atoms with Crippen LogP contribution >= 0.6 is 0 Å². The van der Waals surface area contributed by atoms with Gasteiger partial charge in [-0.1, -0.05) is 20.8 Å². The van der Waals surface area contributed by atoms with Gasteiger partial charge in [0.25, 0.3) is 0 Å². The SMILES string of the molecule is CCC1CNC(CC(C)C)CN1c1cnn(CCOC)c1. The summed E-state index contributed by atoms with van der Waals surface area (Å²) >= 11 is 0. The minimum atomic E-state index is 0.563. The van der Waals surface area contributed by atoms with Crippen LogP contribution in [0.15, 0.2) is 12.4 Å². The van der Waals surface area contributed by atoms with Gasteiger partial charge in [-0.05, 0) is 18.8 Å². The van der Waals surface area contributed by atoms with Gasteiger partial charge in [0.05, 0.1) is 25.0 Å². The van der Waals surface area contributed by atoms with Gasteiger partial charge in [0, 0.05) is 38.5 Å². The molecule has 1 aliphatic rings. The predicted octanol–water partition coefficient (Wildman–Crippen LogP) is 2.13. The molecule has 0 saturated carbocycles. The van der Waals surface area contributed by atoms with Gasteiger partial charge in [-0.3, -0.25) is 4.68 Å². The molecule has 0 aliphatic carbocycles. The Kier molecular flexibility index (Phi) is 6.06. The number of hydrogen-bond acceptors (Lipinski definition) is 4. The Morgan fingerprint density at radius 3 is 2.95 bits per heavy atom. The normalized spacial score (nSPS) is 23.0. The van der Waals surface area contributed by atoms with Crippen molar-refractivity contribution in [3.63, 3.8) is 0 Å². The summed E-state index contributed by atoms with van der Waals surface area (Å²) in [5, 5.41) is 8.16. The van der Waals surface area contributed by atoms with Crippen LogP contribution in [-0.2, 0) is 11.3 Å². The largest absolute Gasteiger partial charge is 0.383 e. The molecule has 1 aromatic rings. The van der Waals surface area contributed by atoms with Crippen molar-refractivity contribution in [2.75, 3.05) is 31.7 Å². The third-order valence-corrected chi connectivity index (χ3v) is 4.20. The number of rotatable bonds is 7. The molecule has 2 unspecified atom stereocenters. The molecular formula is C16H30N4O. The molecular weight excluding hydrogens is 264 g/mol. The number of methoxy groups -OCH3 is 1. The highest BCUT2D eigenvalue weighted by Gasteiger charge is 2.27. The number of ether oxygens (including phenoxy) is 1. The molecule has 1 aliphatic heterocycles. The van der Waals surface area contributed by atoms with E-state index in [-0.39, 0.29) is 0 Å². The second-order valence-electron chi connectivity index (χ2n) is 6.40. The molecule has 0 aromatic carbocycles. The van der Waals surface area contributed by atoms with Crippen molar-refractivity contribution in [3.05, 3.63) is 12.4 Å². The van der Waals surface area contributed by atoms with Crippen molar-refractivity contribution in [2.45, 2.75) is 52.2 Å². The van der Waals surface area contributed by atoms with Gasteiger partial charge in [0.15, 0.2) is 0 Å². The third kappa shape index (κ3) is 4.45. The first kappa shape index (κ1) is 16.3. The van der Waals surface area contributed by atoms with E-state index < -0.39 is 0 Å². The van der Waals surface area contributed by atoms with Crippen LogP contribution in [0, 0.1) is 5.92 Å². The Balaban J connectivity index is 2.04. The van der Waals surface area contributed by atoms with Crippen molar-refractivity contribution in [3.8, 4) is 0 Å². The van der Waals surface area contributed by atoms with Crippen molar-refractivity contribution >= 4 is 5.69 Å². The molecule has 2 rings (SSSR count). The first-order chi connectivity index (χ1) is 10.1. The quantitative estimate of drug-likeness (QED) is 0.836. The predicted molar refractivity (Wildman–Crippen MR) is 86.8 cm³/mol. The molecule has 120 valence electrons. The Morgan fingerprint density at radius 2 is 2.29 bits per heavy atom. The van der Waals surface area contributed by atoms with Gasteiger partial charge in [0.1, 0.15) is 0 Å². The fourth-order valence-electron chi connectivity index (χ4n) is 3.08. The average molecular weight is 294 g/mol. The average Bonchev–Trinajstić information content (AvgIpc) is 2.93. The van der Waals surface area contributed by atoms with E-state index in [1.165, 1.54) is 12.1 Å². The van der Waals surface area contributed by atoms with Gasteiger partial charge in [-0.2, -0.15) is 5.10 Å². The van der Waals surface area contributed by atoms with Crippen LogP contribution in [0.3, 0.4) is 0 Å². The summed E-state index contributed by atoms with van der Waals surface area (Å²) in [6.45, 7) is 10.5. The summed E-state index contributed by atoms with van der Waals surface area (Å²) in [6, 6.07) is 1.14. The van der Waals surface area contributed by atoms with Gasteiger partial charge in [0.2, 0.25) is 0 Å². The van der Waals surface area contributed by atoms with Gasteiger partial charge >= 0.3 is 0 Å². The first-order valence-electron chi connectivity index (χ1n) is 8.15. The van der Waals surface area contributed by atoms with Crippen LogP contribution in [0.1, 0.15) is 33.6 Å². The Labute approximate surface area is 128 Å². The molecule has 0 radical (unpaired) electrons. The molecule has 0 spiro atoms. The number of nitrogens with zero attached hydrogens (tertiary/aromatic N) is 3. The summed E-state index contributed by atoms with van der Waals surface area (Å²) < 4.78 is 7.10. The number of hydrogen-bond donors (Lipinski definition) is 1. The fraction of sp³-hybridized carbons (Fsp3) is 0.812. The molecule has 2 heterocycles. The zero-order valence-electron chi connectivity index (χ0n) is 13.9. The minimum Gasteiger partial charge on any atom is -0.383 e. The van der Waals surface area contributed by atoms with E-state index in [0.29, 0.717) is 18.7 Å². The monoisotopic (exact) mass is 294 g/mol. The maximum Gasteiger partial charge on any atom is 0.0756 e. The van der Waals surface area contributed by atoms with E-state index in [1.54, 1.807) is 7.11 Å². The number of piperazine rings is 1. The lowest BCUT2D eigenvalue weighted by Crippen LogP contribution is -2.56. The van der Waals surface area contributed by atoms with E-state index >= 15 is 0 Å². The zero-order chi connectivity index (χ0) is 15.2. The molecule has 0 amide bonds. The van der Waals surface area contributed by atoms with Crippen LogP contribution < -0.4 is 10.2 Å². The summed E-state index contributed by atoms with van der Waals surface area (Å²) in [5.41, 5.74) is 1.24. The molecule has 1 aromatic heterocycles. The smallest absolute Gasteiger partial charge is 0.0756 e. The van der Waals surface area contributed by atoms with E-state index in [2.05, 4.69) is 42.3 Å². The minimum absolute atomic E-state index is 0.563. The number of aromatic nitrogens is 2. The Bertz CT molecular complexity index is 418. The van der Waals surface area contributed by atoms with E-state index in [9.17, 15) is 0 Å². The topological polar surface area (TPSA) is 42.3 Å². The highest BCUT2D eigenvalue weighted by atomic mass is 16.5. The molecule has 5 nitrogen and oxygen atoms in total. The van der Waals surface area contributed by atoms with Crippen LogP contribution in [0.2, 0.25) is 0 Å². The standard InChI is InChI=1S/C16H30N4O/c1-5-15-9-17-14(8-13(2)3)11-20(15)16-10-18-19(12-16)6-7-21-4/h10,12-15,17H,5-9,11H2,1-4H3. The summed E-state index contributed by atoms with van der Waals surface area (Å²) in [6.07, 6.45) is 6.53. The highest BCUT2D eigenvalue weighted by Crippen LogP contribution is 2.22. The van der Waals surface area contributed by atoms with Gasteiger partial charge in [-0.25, -0.2) is 0 Å². The van der Waals surface area contributed by atoms with Gasteiger partial charge in [-0.15, -0.1) is 0 Å². The number of anilines is 1. The molecule has 1 saturated heterocycles. The van der Waals surface area contributed by atoms with Crippen LogP contribution in [0.5, 0.6) is 0 Å².